The Balaban J connectivity index is 1.99. The number of nitrogens with zero attached hydrogens (tertiary/aromatic N) is 2. The normalized spacial score (nSPS) is 18.1. The molecule has 4 heteroatoms. The summed E-state index contributed by atoms with van der Waals surface area (Å²) in [6.45, 7) is 2.23. The summed E-state index contributed by atoms with van der Waals surface area (Å²) >= 11 is 6.04. The Hall–Kier alpha value is -1.06. The molecule has 1 fully saturated rings. The molecule has 84 valence electrons. The topological polar surface area (TPSA) is 29.3 Å². The lowest BCUT2D eigenvalue weighted by molar-refractivity contribution is 0.460. The van der Waals surface area contributed by atoms with Crippen LogP contribution in [0.1, 0.15) is 24.3 Å². The summed E-state index contributed by atoms with van der Waals surface area (Å²) in [5.74, 6) is 0.664. The van der Waals surface area contributed by atoms with E-state index in [0.717, 1.165) is 18.6 Å². The van der Waals surface area contributed by atoms with E-state index in [1.807, 2.05) is 10.6 Å². The molecule has 16 heavy (non-hydrogen) atoms. The highest BCUT2D eigenvalue weighted by Gasteiger charge is 2.15. The first-order valence-corrected chi connectivity index (χ1v) is 6.05. The van der Waals surface area contributed by atoms with Crippen molar-refractivity contribution in [3.8, 4) is 0 Å². The number of nitrogens with one attached hydrogen (secondary N) is 1. The van der Waals surface area contributed by atoms with Gasteiger partial charge in [-0.15, -0.1) is 0 Å². The van der Waals surface area contributed by atoms with Gasteiger partial charge in [0.2, 0.25) is 0 Å². The monoisotopic (exact) mass is 235 g/mol. The first kappa shape index (κ1) is 10.1. The molecule has 0 atom stereocenters. The largest absolute Gasteiger partial charge is 0.317 e. The van der Waals surface area contributed by atoms with Crippen molar-refractivity contribution in [1.82, 2.24) is 14.7 Å². The predicted octanol–water partition coefficient (Wildman–Crippen LogP) is 2.45. The van der Waals surface area contributed by atoms with Gasteiger partial charge >= 0.3 is 0 Å². The second-order valence-corrected chi connectivity index (χ2v) is 4.67. The van der Waals surface area contributed by atoms with E-state index in [2.05, 4.69) is 22.4 Å². The highest BCUT2D eigenvalue weighted by Crippen LogP contribution is 2.27. The van der Waals surface area contributed by atoms with Crippen LogP contribution in [0.4, 0.5) is 0 Å². The number of imidazole rings is 1. The van der Waals surface area contributed by atoms with Crippen LogP contribution in [0.25, 0.3) is 5.52 Å². The van der Waals surface area contributed by atoms with Gasteiger partial charge in [0.05, 0.1) is 5.52 Å². The predicted molar refractivity (Wildman–Crippen MR) is 65.0 cm³/mol. The summed E-state index contributed by atoms with van der Waals surface area (Å²) in [6, 6.07) is 4.35. The second kappa shape index (κ2) is 4.07. The van der Waals surface area contributed by atoms with Crippen LogP contribution in [0.5, 0.6) is 0 Å². The van der Waals surface area contributed by atoms with Gasteiger partial charge in [0.25, 0.3) is 0 Å². The van der Waals surface area contributed by atoms with E-state index in [9.17, 15) is 0 Å². The first-order chi connectivity index (χ1) is 7.84. The van der Waals surface area contributed by atoms with E-state index < -0.39 is 0 Å². The molecule has 2 aromatic rings. The maximum Gasteiger partial charge on any atom is 0.154 e. The van der Waals surface area contributed by atoms with E-state index >= 15 is 0 Å². The Morgan fingerprint density at radius 3 is 3.00 bits per heavy atom. The molecular weight excluding hydrogens is 222 g/mol. The third-order valence-electron chi connectivity index (χ3n) is 3.33. The molecule has 3 heterocycles. The van der Waals surface area contributed by atoms with E-state index in [4.69, 9.17) is 11.6 Å². The smallest absolute Gasteiger partial charge is 0.154 e. The number of piperidine rings is 1. The molecule has 0 unspecified atom stereocenters. The van der Waals surface area contributed by atoms with Gasteiger partial charge in [-0.1, -0.05) is 11.6 Å². The fourth-order valence-corrected chi connectivity index (χ4v) is 2.58. The van der Waals surface area contributed by atoms with E-state index in [1.165, 1.54) is 18.4 Å². The van der Waals surface area contributed by atoms with Crippen molar-refractivity contribution < 1.29 is 0 Å². The van der Waals surface area contributed by atoms with Crippen molar-refractivity contribution in [3.05, 3.63) is 35.4 Å². The lowest BCUT2D eigenvalue weighted by Crippen LogP contribution is -2.26. The zero-order chi connectivity index (χ0) is 11.0. The summed E-state index contributed by atoms with van der Waals surface area (Å²) in [5, 5.41) is 3.98. The number of fused-ring (bicyclic) bond motifs is 1. The Bertz CT molecular complexity index is 500. The van der Waals surface area contributed by atoms with Gasteiger partial charge in [-0.25, -0.2) is 4.98 Å². The minimum Gasteiger partial charge on any atom is -0.317 e. The quantitative estimate of drug-likeness (QED) is 0.823. The Morgan fingerprint density at radius 2 is 2.19 bits per heavy atom. The van der Waals surface area contributed by atoms with Crippen molar-refractivity contribution in [1.29, 1.82) is 0 Å². The van der Waals surface area contributed by atoms with Crippen molar-refractivity contribution >= 4 is 17.1 Å². The summed E-state index contributed by atoms with van der Waals surface area (Å²) in [5.41, 5.74) is 2.40. The number of hydrogen-bond acceptors (Lipinski definition) is 2. The van der Waals surface area contributed by atoms with Crippen molar-refractivity contribution in [2.24, 2.45) is 0 Å². The number of rotatable bonds is 1. The van der Waals surface area contributed by atoms with Crippen molar-refractivity contribution in [3.63, 3.8) is 0 Å². The van der Waals surface area contributed by atoms with Crippen molar-refractivity contribution in [2.45, 2.75) is 18.8 Å². The van der Waals surface area contributed by atoms with Crippen LogP contribution in [0.2, 0.25) is 5.15 Å². The van der Waals surface area contributed by atoms with Gasteiger partial charge in [-0.2, -0.15) is 0 Å². The van der Waals surface area contributed by atoms with Crippen LogP contribution in [-0.4, -0.2) is 22.5 Å². The van der Waals surface area contributed by atoms with Crippen molar-refractivity contribution in [2.75, 3.05) is 13.1 Å². The molecule has 1 aliphatic heterocycles. The van der Waals surface area contributed by atoms with E-state index in [-0.39, 0.29) is 0 Å². The molecule has 0 saturated carbocycles. The zero-order valence-corrected chi connectivity index (χ0v) is 9.74. The molecule has 2 aromatic heterocycles. The average Bonchev–Trinajstić information content (AvgIpc) is 2.72. The SMILES string of the molecule is Clc1ncn2ccc(C3CCNCC3)cc12. The average molecular weight is 236 g/mol. The number of hydrogen-bond donors (Lipinski definition) is 1. The zero-order valence-electron chi connectivity index (χ0n) is 8.99. The van der Waals surface area contributed by atoms with Crippen LogP contribution in [0.3, 0.4) is 0 Å². The molecule has 1 aliphatic rings. The number of halogens is 1. The fourth-order valence-electron chi connectivity index (χ4n) is 2.38. The molecule has 0 aromatic carbocycles. The van der Waals surface area contributed by atoms with Crippen LogP contribution in [-0.2, 0) is 0 Å². The van der Waals surface area contributed by atoms with Gasteiger partial charge in [0.1, 0.15) is 6.33 Å². The Labute approximate surface area is 99.4 Å². The van der Waals surface area contributed by atoms with Crippen LogP contribution in [0.15, 0.2) is 24.7 Å². The molecule has 0 spiro atoms. The fraction of sp³-hybridized carbons (Fsp3) is 0.417. The maximum atomic E-state index is 6.04. The molecule has 0 bridgehead atoms. The summed E-state index contributed by atoms with van der Waals surface area (Å²) in [6.07, 6.45) is 6.22. The van der Waals surface area contributed by atoms with Gasteiger partial charge in [-0.05, 0) is 49.5 Å². The second-order valence-electron chi connectivity index (χ2n) is 4.31. The highest BCUT2D eigenvalue weighted by molar-refractivity contribution is 6.32. The Kier molecular flexibility index (Phi) is 2.58. The third kappa shape index (κ3) is 1.70. The van der Waals surface area contributed by atoms with Crippen LogP contribution in [0, 0.1) is 0 Å². The van der Waals surface area contributed by atoms with Gasteiger partial charge in [-0.3, -0.25) is 0 Å². The Morgan fingerprint density at radius 1 is 1.38 bits per heavy atom. The highest BCUT2D eigenvalue weighted by atomic mass is 35.5. The minimum atomic E-state index is 0.593. The molecule has 1 N–H and O–H groups in total. The molecule has 0 radical (unpaired) electrons. The lowest BCUT2D eigenvalue weighted by Gasteiger charge is -2.23. The van der Waals surface area contributed by atoms with Crippen LogP contribution >= 0.6 is 11.6 Å². The van der Waals surface area contributed by atoms with Gasteiger partial charge < -0.3 is 9.72 Å². The number of aromatic nitrogens is 2. The summed E-state index contributed by atoms with van der Waals surface area (Å²) in [4.78, 5) is 4.10. The van der Waals surface area contributed by atoms with E-state index in [1.54, 1.807) is 6.33 Å². The summed E-state index contributed by atoms with van der Waals surface area (Å²) in [7, 11) is 0. The van der Waals surface area contributed by atoms with Gasteiger partial charge in [0, 0.05) is 6.20 Å². The molecule has 1 saturated heterocycles. The minimum absolute atomic E-state index is 0.593. The standard InChI is InChI=1S/C12H14ClN3/c13-12-11-7-10(3-6-16(11)8-15-12)9-1-4-14-5-2-9/h3,6-9,14H,1-2,4-5H2. The lowest BCUT2D eigenvalue weighted by atomic mass is 9.91. The molecular formula is C12H14ClN3. The molecule has 3 rings (SSSR count). The first-order valence-electron chi connectivity index (χ1n) is 5.67. The molecule has 3 nitrogen and oxygen atoms in total. The molecule has 0 amide bonds. The number of pyridine rings is 1. The van der Waals surface area contributed by atoms with Crippen LogP contribution < -0.4 is 5.32 Å². The van der Waals surface area contributed by atoms with Gasteiger partial charge in [0.15, 0.2) is 5.15 Å². The third-order valence-corrected chi connectivity index (χ3v) is 3.62. The van der Waals surface area contributed by atoms with E-state index in [0.29, 0.717) is 11.1 Å². The molecule has 0 aliphatic carbocycles. The maximum absolute atomic E-state index is 6.04. The summed E-state index contributed by atoms with van der Waals surface area (Å²) < 4.78 is 1.97.